The van der Waals surface area contributed by atoms with Crippen molar-refractivity contribution in [2.75, 3.05) is 0 Å². The number of hydrogen-bond donors (Lipinski definition) is 0. The van der Waals surface area contributed by atoms with Crippen LogP contribution in [0.3, 0.4) is 0 Å². The predicted octanol–water partition coefficient (Wildman–Crippen LogP) is 5.30. The first-order valence-electron chi connectivity index (χ1n) is 8.06. The van der Waals surface area contributed by atoms with Crippen molar-refractivity contribution in [1.29, 1.82) is 0 Å². The number of ketones is 2. The number of Topliss-reactive ketones (excluding diaryl/α,β-unsaturated/α-hetero) is 2. The average Bonchev–Trinajstić information content (AvgIpc) is 2.69. The van der Waals surface area contributed by atoms with Crippen molar-refractivity contribution in [2.24, 2.45) is 0 Å². The van der Waals surface area contributed by atoms with Gasteiger partial charge < -0.3 is 0 Å². The molecule has 0 amide bonds. The highest BCUT2D eigenvalue weighted by Crippen LogP contribution is 2.31. The molecule has 3 aromatic carbocycles. The summed E-state index contributed by atoms with van der Waals surface area (Å²) in [5.41, 5.74) is 2.01. The third-order valence-corrected chi connectivity index (χ3v) is 5.05. The van der Waals surface area contributed by atoms with Gasteiger partial charge in [0.05, 0.1) is 10.7 Å². The van der Waals surface area contributed by atoms with Gasteiger partial charge in [-0.1, -0.05) is 107 Å². The van der Waals surface area contributed by atoms with Crippen LogP contribution in [0.2, 0.25) is 0 Å². The van der Waals surface area contributed by atoms with E-state index in [0.29, 0.717) is 11.1 Å². The molecular formula is C22H17BrO2. The van der Waals surface area contributed by atoms with E-state index in [-0.39, 0.29) is 11.6 Å². The summed E-state index contributed by atoms with van der Waals surface area (Å²) in [5.74, 6) is -0.756. The molecule has 0 saturated carbocycles. The van der Waals surface area contributed by atoms with Crippen LogP contribution in [-0.2, 0) is 0 Å². The van der Waals surface area contributed by atoms with E-state index in [1.807, 2.05) is 66.7 Å². The van der Waals surface area contributed by atoms with Crippen LogP contribution in [0, 0.1) is 0 Å². The molecule has 0 aliphatic carbocycles. The molecule has 0 bridgehead atoms. The van der Waals surface area contributed by atoms with Crippen LogP contribution in [0.25, 0.3) is 0 Å². The van der Waals surface area contributed by atoms with Crippen molar-refractivity contribution < 1.29 is 9.59 Å². The number of carbonyl (C=O) groups excluding carboxylic acids is 2. The van der Waals surface area contributed by atoms with Gasteiger partial charge in [0, 0.05) is 11.1 Å². The van der Waals surface area contributed by atoms with E-state index in [4.69, 9.17) is 0 Å². The molecular weight excluding hydrogens is 376 g/mol. The normalized spacial score (nSPS) is 13.0. The summed E-state index contributed by atoms with van der Waals surface area (Å²) in [4.78, 5) is 25.4. The lowest BCUT2D eigenvalue weighted by molar-refractivity contribution is 0.0902. The molecule has 0 unspecified atom stereocenters. The largest absolute Gasteiger partial charge is 0.293 e. The summed E-state index contributed by atoms with van der Waals surface area (Å²) in [6.07, 6.45) is 0. The molecule has 2 nitrogen and oxygen atoms in total. The lowest BCUT2D eigenvalue weighted by atomic mass is 9.85. The van der Waals surface area contributed by atoms with Crippen LogP contribution in [0.15, 0.2) is 91.0 Å². The number of hydrogen-bond acceptors (Lipinski definition) is 2. The van der Waals surface area contributed by atoms with Crippen LogP contribution in [0.5, 0.6) is 0 Å². The van der Waals surface area contributed by atoms with Crippen LogP contribution in [-0.4, -0.2) is 16.4 Å². The van der Waals surface area contributed by atoms with Crippen LogP contribution >= 0.6 is 15.9 Å². The van der Waals surface area contributed by atoms with Crippen LogP contribution in [0.1, 0.15) is 32.2 Å². The molecule has 124 valence electrons. The summed E-state index contributed by atoms with van der Waals surface area (Å²) in [6.45, 7) is 0. The molecule has 3 heteroatoms. The van der Waals surface area contributed by atoms with Crippen molar-refractivity contribution in [3.05, 3.63) is 108 Å². The van der Waals surface area contributed by atoms with Gasteiger partial charge in [0.2, 0.25) is 0 Å². The van der Waals surface area contributed by atoms with E-state index in [9.17, 15) is 9.59 Å². The molecule has 0 fully saturated rings. The Hall–Kier alpha value is -2.52. The molecule has 0 aromatic heterocycles. The fourth-order valence-electron chi connectivity index (χ4n) is 2.81. The Morgan fingerprint density at radius 3 is 1.48 bits per heavy atom. The van der Waals surface area contributed by atoms with Gasteiger partial charge in [-0.15, -0.1) is 0 Å². The second-order valence-electron chi connectivity index (χ2n) is 5.75. The van der Waals surface area contributed by atoms with Gasteiger partial charge in [-0.05, 0) is 5.56 Å². The van der Waals surface area contributed by atoms with E-state index < -0.39 is 10.7 Å². The van der Waals surface area contributed by atoms with Crippen molar-refractivity contribution in [3.8, 4) is 0 Å². The van der Waals surface area contributed by atoms with Gasteiger partial charge in [0.1, 0.15) is 0 Å². The molecule has 0 aliphatic rings. The van der Waals surface area contributed by atoms with E-state index in [1.54, 1.807) is 24.3 Å². The van der Waals surface area contributed by atoms with E-state index >= 15 is 0 Å². The standard InChI is InChI=1S/C22H17BrO2/c23-20(22(25)18-14-8-3-9-15-18)19(16-10-4-1-5-11-16)21(24)17-12-6-2-7-13-17/h1-15,19-20H/t19-,20-/m1/s1. The molecule has 2 atom stereocenters. The summed E-state index contributed by atoms with van der Waals surface area (Å²) in [7, 11) is 0. The highest BCUT2D eigenvalue weighted by Gasteiger charge is 2.33. The Morgan fingerprint density at radius 1 is 0.600 bits per heavy atom. The van der Waals surface area contributed by atoms with E-state index in [0.717, 1.165) is 5.56 Å². The van der Waals surface area contributed by atoms with Gasteiger partial charge in [-0.2, -0.15) is 0 Å². The molecule has 0 spiro atoms. The molecule has 0 radical (unpaired) electrons. The first-order valence-corrected chi connectivity index (χ1v) is 8.97. The average molecular weight is 393 g/mol. The lowest BCUT2D eigenvalue weighted by Gasteiger charge is -2.21. The Bertz CT molecular complexity index is 845. The fraction of sp³-hybridized carbons (Fsp3) is 0.0909. The molecule has 0 aliphatic heterocycles. The zero-order chi connectivity index (χ0) is 17.6. The maximum absolute atomic E-state index is 13.1. The van der Waals surface area contributed by atoms with Gasteiger partial charge in [-0.3, -0.25) is 9.59 Å². The Morgan fingerprint density at radius 2 is 1.00 bits per heavy atom. The second kappa shape index (κ2) is 8.04. The summed E-state index contributed by atoms with van der Waals surface area (Å²) >= 11 is 3.51. The molecule has 0 N–H and O–H groups in total. The third kappa shape index (κ3) is 3.94. The quantitative estimate of drug-likeness (QED) is 0.421. The minimum atomic E-state index is -0.634. The molecule has 0 heterocycles. The maximum atomic E-state index is 13.1. The zero-order valence-corrected chi connectivity index (χ0v) is 15.1. The minimum absolute atomic E-state index is 0.0713. The van der Waals surface area contributed by atoms with E-state index in [2.05, 4.69) is 15.9 Å². The third-order valence-electron chi connectivity index (χ3n) is 4.10. The van der Waals surface area contributed by atoms with Crippen molar-refractivity contribution in [1.82, 2.24) is 0 Å². The molecule has 3 rings (SSSR count). The summed E-state index contributed by atoms with van der Waals surface area (Å²) in [6, 6.07) is 27.6. The zero-order valence-electron chi connectivity index (χ0n) is 13.5. The Labute approximate surface area is 155 Å². The summed E-state index contributed by atoms with van der Waals surface area (Å²) < 4.78 is 0. The minimum Gasteiger partial charge on any atom is -0.293 e. The first kappa shape index (κ1) is 17.3. The van der Waals surface area contributed by atoms with Gasteiger partial charge in [-0.25, -0.2) is 0 Å². The fourth-order valence-corrected chi connectivity index (χ4v) is 3.62. The van der Waals surface area contributed by atoms with Crippen molar-refractivity contribution >= 4 is 27.5 Å². The predicted molar refractivity (Wildman–Crippen MR) is 103 cm³/mol. The highest BCUT2D eigenvalue weighted by atomic mass is 79.9. The van der Waals surface area contributed by atoms with Crippen molar-refractivity contribution in [3.63, 3.8) is 0 Å². The smallest absolute Gasteiger partial charge is 0.177 e. The van der Waals surface area contributed by atoms with Gasteiger partial charge >= 0.3 is 0 Å². The Kier molecular flexibility index (Phi) is 5.56. The maximum Gasteiger partial charge on any atom is 0.177 e. The topological polar surface area (TPSA) is 34.1 Å². The van der Waals surface area contributed by atoms with Crippen LogP contribution in [0.4, 0.5) is 0 Å². The monoisotopic (exact) mass is 392 g/mol. The highest BCUT2D eigenvalue weighted by molar-refractivity contribution is 9.10. The molecule has 25 heavy (non-hydrogen) atoms. The van der Waals surface area contributed by atoms with E-state index in [1.165, 1.54) is 0 Å². The SMILES string of the molecule is O=C(c1ccccc1)[C@H](c1ccccc1)[C@@H](Br)C(=O)c1ccccc1. The van der Waals surface area contributed by atoms with Crippen LogP contribution < -0.4 is 0 Å². The van der Waals surface area contributed by atoms with Gasteiger partial charge in [0.15, 0.2) is 11.6 Å². The second-order valence-corrected chi connectivity index (χ2v) is 6.74. The number of rotatable bonds is 6. The van der Waals surface area contributed by atoms with Crippen molar-refractivity contribution in [2.45, 2.75) is 10.7 Å². The number of carbonyl (C=O) groups is 2. The number of alkyl halides is 1. The first-order chi connectivity index (χ1) is 12.2. The summed E-state index contributed by atoms with van der Waals surface area (Å²) in [5, 5.41) is 0. The Balaban J connectivity index is 2.00. The molecule has 3 aromatic rings. The van der Waals surface area contributed by atoms with Gasteiger partial charge in [0.25, 0.3) is 0 Å². The molecule has 0 saturated heterocycles. The number of benzene rings is 3. The lowest BCUT2D eigenvalue weighted by Crippen LogP contribution is -2.29. The number of halogens is 1.